The summed E-state index contributed by atoms with van der Waals surface area (Å²) in [6.45, 7) is 14.6. The van der Waals surface area contributed by atoms with E-state index in [1.165, 1.54) is 50.4 Å². The van der Waals surface area contributed by atoms with Crippen LogP contribution in [0.5, 0.6) is 0 Å². The van der Waals surface area contributed by atoms with Gasteiger partial charge in [-0.2, -0.15) is 0 Å². The second kappa shape index (κ2) is 8.70. The van der Waals surface area contributed by atoms with Gasteiger partial charge in [0.05, 0.1) is 64.7 Å². The van der Waals surface area contributed by atoms with Crippen LogP contribution in [0.1, 0.15) is 51.7 Å². The van der Waals surface area contributed by atoms with Gasteiger partial charge in [0, 0.05) is 34.0 Å². The average molecular weight is 543 g/mol. The van der Waals surface area contributed by atoms with E-state index in [2.05, 4.69) is 111 Å². The predicted octanol–water partition coefficient (Wildman–Crippen LogP) is 1.62. The minimum absolute atomic E-state index is 0.0310. The maximum atomic E-state index is 4.24. The van der Waals surface area contributed by atoms with Gasteiger partial charge in [0.25, 0.3) is 0 Å². The molecule has 4 N–H and O–H groups in total. The van der Waals surface area contributed by atoms with E-state index >= 15 is 0 Å². The summed E-state index contributed by atoms with van der Waals surface area (Å²) in [5.41, 5.74) is 5.99. The molecule has 8 rings (SSSR count). The Morgan fingerprint density at radius 2 is 1.07 bits per heavy atom. The lowest BCUT2D eigenvalue weighted by atomic mass is 9.47. The summed E-state index contributed by atoms with van der Waals surface area (Å²) in [5.74, 6) is 1.37. The molecule has 5 unspecified atom stereocenters. The normalized spacial score (nSPS) is 43.5. The van der Waals surface area contributed by atoms with E-state index in [4.69, 9.17) is 0 Å². The number of hydrogen-bond donors (Lipinski definition) is 4. The number of rotatable bonds is 2. The highest BCUT2D eigenvalue weighted by Crippen LogP contribution is 2.68. The van der Waals surface area contributed by atoms with Gasteiger partial charge in [-0.15, -0.1) is 0 Å². The van der Waals surface area contributed by atoms with Crippen LogP contribution >= 0.6 is 0 Å². The number of benzene rings is 2. The van der Waals surface area contributed by atoms with Crippen molar-refractivity contribution in [3.8, 4) is 0 Å². The van der Waals surface area contributed by atoms with Crippen molar-refractivity contribution >= 4 is 11.4 Å². The minimum Gasteiger partial charge on any atom is -0.369 e. The largest absolute Gasteiger partial charge is 0.369 e. The minimum atomic E-state index is 0.0310. The number of nitrogens with zero attached hydrogens (tertiary/aromatic N) is 2. The van der Waals surface area contributed by atoms with E-state index < -0.39 is 0 Å². The van der Waals surface area contributed by atoms with Crippen LogP contribution in [0.2, 0.25) is 0 Å². The fraction of sp³-hybridized carbons (Fsp3) is 0.647. The molecule has 40 heavy (non-hydrogen) atoms. The molecule has 6 heteroatoms. The third-order valence-corrected chi connectivity index (χ3v) is 12.7. The van der Waals surface area contributed by atoms with Crippen LogP contribution < -0.4 is 20.4 Å². The van der Waals surface area contributed by atoms with E-state index in [1.54, 1.807) is 20.9 Å². The summed E-state index contributed by atoms with van der Waals surface area (Å²) >= 11 is 0. The number of likely N-dealkylation sites (N-methyl/N-ethyl adjacent to an activating group) is 2. The molecule has 4 fully saturated rings. The summed E-state index contributed by atoms with van der Waals surface area (Å²) in [7, 11) is 4.92. The first-order valence-corrected chi connectivity index (χ1v) is 16.1. The van der Waals surface area contributed by atoms with Gasteiger partial charge in [-0.1, -0.05) is 64.1 Å². The van der Waals surface area contributed by atoms with Crippen LogP contribution in [0, 0.1) is 11.8 Å². The van der Waals surface area contributed by atoms with Crippen molar-refractivity contribution in [2.24, 2.45) is 11.8 Å². The van der Waals surface area contributed by atoms with Crippen LogP contribution in [0.25, 0.3) is 0 Å². The molecule has 0 aliphatic carbocycles. The monoisotopic (exact) mass is 542 g/mol. The standard InChI is InChI=1S/C34H48N6/c1-21(2)29-19-39-23(17-37(29)5)15-34-26-12-8-10-14-28(26)36-32(34)40-20-30(22(3)4)38(6)18-24(40)16-33(34)25-11-7-9-13-27(25)35-31(33)39/h7-14,21-24,29-32,35-36H,15-20H2,1-6H3/p+2/t23-,24?,29+,30+,31+,32+,33?,34?/m0/s1. The first-order chi connectivity index (χ1) is 19.3. The maximum Gasteiger partial charge on any atom is 0.103 e. The number of hydrogen-bond acceptors (Lipinski definition) is 4. The Labute approximate surface area is 241 Å². The van der Waals surface area contributed by atoms with Crippen LogP contribution in [0.15, 0.2) is 48.5 Å². The molecule has 0 aromatic heterocycles. The summed E-state index contributed by atoms with van der Waals surface area (Å²) in [4.78, 5) is 9.38. The zero-order valence-electron chi connectivity index (χ0n) is 25.4. The smallest absolute Gasteiger partial charge is 0.103 e. The van der Waals surface area contributed by atoms with Gasteiger partial charge >= 0.3 is 0 Å². The van der Waals surface area contributed by atoms with Crippen LogP contribution in [0.4, 0.5) is 11.4 Å². The van der Waals surface area contributed by atoms with Gasteiger partial charge < -0.3 is 20.4 Å². The molecule has 0 saturated carbocycles. The third kappa shape index (κ3) is 3.09. The Morgan fingerprint density at radius 3 is 1.48 bits per heavy atom. The van der Waals surface area contributed by atoms with E-state index in [9.17, 15) is 0 Å². The number of fused-ring (bicyclic) bond motifs is 6. The number of quaternary nitrogens is 2. The predicted molar refractivity (Wildman–Crippen MR) is 162 cm³/mol. The molecular weight excluding hydrogens is 492 g/mol. The van der Waals surface area contributed by atoms with Gasteiger partial charge in [-0.05, 0) is 36.1 Å². The van der Waals surface area contributed by atoms with E-state index in [1.807, 2.05) is 0 Å². The molecule has 2 aromatic carbocycles. The Morgan fingerprint density at radius 1 is 0.675 bits per heavy atom. The van der Waals surface area contributed by atoms with Gasteiger partial charge in [-0.25, -0.2) is 0 Å². The molecule has 6 aliphatic heterocycles. The Bertz CT molecular complexity index is 1210. The molecule has 10 atom stereocenters. The fourth-order valence-corrected chi connectivity index (χ4v) is 11.0. The molecule has 6 heterocycles. The Kier molecular flexibility index (Phi) is 5.56. The molecule has 2 aromatic rings. The van der Waals surface area contributed by atoms with Gasteiger partial charge in [0.15, 0.2) is 0 Å². The first-order valence-electron chi connectivity index (χ1n) is 16.1. The molecule has 4 saturated heterocycles. The van der Waals surface area contributed by atoms with Crippen molar-refractivity contribution in [3.63, 3.8) is 0 Å². The van der Waals surface area contributed by atoms with Crippen molar-refractivity contribution in [2.75, 3.05) is 50.9 Å². The summed E-state index contributed by atoms with van der Waals surface area (Å²) in [5, 5.41) is 8.47. The summed E-state index contributed by atoms with van der Waals surface area (Å²) in [6.07, 6.45) is 3.13. The fourth-order valence-electron chi connectivity index (χ4n) is 11.0. The number of para-hydroxylation sites is 2. The van der Waals surface area contributed by atoms with Gasteiger partial charge in [-0.3, -0.25) is 9.80 Å². The van der Waals surface area contributed by atoms with Crippen molar-refractivity contribution in [3.05, 3.63) is 59.7 Å². The average Bonchev–Trinajstić information content (AvgIpc) is 3.43. The highest BCUT2D eigenvalue weighted by molar-refractivity contribution is 5.72. The number of piperazine rings is 2. The number of nitrogens with one attached hydrogen (secondary N) is 4. The van der Waals surface area contributed by atoms with E-state index in [0.717, 1.165) is 0 Å². The SMILES string of the molecule is CC(C)[C@H]1CN2C(C[NH+]1C)CC13c4ccccc4N[C@@H]1N1C[C@H](C(C)C)[NH+](C)C[C@@H]1CC31c3ccccc3N[C@H]21. The molecule has 214 valence electrons. The second-order valence-corrected chi connectivity index (χ2v) is 15.0. The topological polar surface area (TPSA) is 39.4 Å². The zero-order valence-corrected chi connectivity index (χ0v) is 25.4. The summed E-state index contributed by atoms with van der Waals surface area (Å²) < 4.78 is 0. The lowest BCUT2D eigenvalue weighted by Crippen LogP contribution is -3.18. The third-order valence-electron chi connectivity index (χ3n) is 12.7. The van der Waals surface area contributed by atoms with Crippen molar-refractivity contribution in [2.45, 2.75) is 87.9 Å². The Balaban J connectivity index is 1.36. The van der Waals surface area contributed by atoms with Crippen molar-refractivity contribution < 1.29 is 9.80 Å². The lowest BCUT2D eigenvalue weighted by Gasteiger charge is -2.68. The number of anilines is 2. The molecule has 6 nitrogen and oxygen atoms in total. The molecule has 0 radical (unpaired) electrons. The first kappa shape index (κ1) is 25.6. The molecule has 6 aliphatic rings. The molecule has 0 amide bonds. The van der Waals surface area contributed by atoms with Crippen LogP contribution in [-0.2, 0) is 10.8 Å². The zero-order chi connectivity index (χ0) is 27.6. The lowest BCUT2D eigenvalue weighted by molar-refractivity contribution is -0.919. The van der Waals surface area contributed by atoms with Crippen LogP contribution in [-0.4, -0.2) is 86.6 Å². The van der Waals surface area contributed by atoms with Gasteiger partial charge in [0.2, 0.25) is 0 Å². The quantitative estimate of drug-likeness (QED) is 0.466. The van der Waals surface area contributed by atoms with Crippen LogP contribution in [0.3, 0.4) is 0 Å². The second-order valence-electron chi connectivity index (χ2n) is 15.0. The number of piperidine rings is 2. The molecule has 0 bridgehead atoms. The van der Waals surface area contributed by atoms with E-state index in [0.29, 0.717) is 48.3 Å². The van der Waals surface area contributed by atoms with Crippen molar-refractivity contribution in [1.82, 2.24) is 9.80 Å². The van der Waals surface area contributed by atoms with Crippen molar-refractivity contribution in [1.29, 1.82) is 0 Å². The maximum absolute atomic E-state index is 4.24. The highest BCUT2D eigenvalue weighted by Gasteiger charge is 2.76. The Hall–Kier alpha value is -2.12. The summed E-state index contributed by atoms with van der Waals surface area (Å²) in [6, 6.07) is 21.3. The molecular formula is C34H50N6+2. The van der Waals surface area contributed by atoms with Gasteiger partial charge in [0.1, 0.15) is 12.1 Å². The van der Waals surface area contributed by atoms with E-state index in [-0.39, 0.29) is 10.8 Å². The molecule has 2 spiro atoms. The highest BCUT2D eigenvalue weighted by atomic mass is 15.4.